The molecular weight excluding hydrogens is 243 g/mol. The lowest BCUT2D eigenvalue weighted by molar-refractivity contribution is 0.415. The number of halogens is 1. The van der Waals surface area contributed by atoms with Crippen LogP contribution < -0.4 is 15.8 Å². The van der Waals surface area contributed by atoms with E-state index in [0.29, 0.717) is 24.5 Å². The highest BCUT2D eigenvalue weighted by atomic mass is 19.1. The number of nitrogens with one attached hydrogen (secondary N) is 1. The third-order valence-corrected chi connectivity index (χ3v) is 2.90. The zero-order valence-corrected chi connectivity index (χ0v) is 10.8. The maximum Gasteiger partial charge on any atom is 0.142 e. The van der Waals surface area contributed by atoms with E-state index >= 15 is 0 Å². The van der Waals surface area contributed by atoms with Gasteiger partial charge in [-0.1, -0.05) is 24.3 Å². The Hall–Kier alpha value is -2.07. The van der Waals surface area contributed by atoms with E-state index in [2.05, 4.69) is 5.32 Å². The smallest absolute Gasteiger partial charge is 0.142 e. The predicted molar refractivity (Wildman–Crippen MR) is 74.6 cm³/mol. The van der Waals surface area contributed by atoms with E-state index in [0.717, 1.165) is 11.1 Å². The van der Waals surface area contributed by atoms with Crippen LogP contribution in [0.4, 0.5) is 10.1 Å². The molecule has 2 aromatic rings. The number of hydrogen-bond acceptors (Lipinski definition) is 3. The van der Waals surface area contributed by atoms with Crippen LogP contribution in [0.5, 0.6) is 5.75 Å². The third-order valence-electron chi connectivity index (χ3n) is 2.90. The molecule has 3 nitrogen and oxygen atoms in total. The lowest BCUT2D eigenvalue weighted by atomic mass is 10.1. The number of nitrogens with two attached hydrogens (primary N) is 1. The molecule has 0 saturated carbocycles. The Balaban J connectivity index is 2.07. The van der Waals surface area contributed by atoms with E-state index in [4.69, 9.17) is 10.5 Å². The molecule has 4 heteroatoms. The predicted octanol–water partition coefficient (Wildman–Crippen LogP) is 2.91. The highest BCUT2D eigenvalue weighted by Crippen LogP contribution is 2.25. The topological polar surface area (TPSA) is 47.3 Å². The van der Waals surface area contributed by atoms with Crippen LogP contribution in [-0.4, -0.2) is 7.11 Å². The van der Waals surface area contributed by atoms with Crippen LogP contribution in [0.3, 0.4) is 0 Å². The molecule has 0 spiro atoms. The molecule has 0 aliphatic carbocycles. The SMILES string of the molecule is COc1ccc(F)cc1NCc1ccc(CN)cc1. The minimum absolute atomic E-state index is 0.290. The molecule has 0 heterocycles. The summed E-state index contributed by atoms with van der Waals surface area (Å²) in [5.74, 6) is 0.335. The van der Waals surface area contributed by atoms with Crippen molar-refractivity contribution in [3.05, 3.63) is 59.4 Å². The summed E-state index contributed by atoms with van der Waals surface area (Å²) in [5.41, 5.74) is 8.38. The Morgan fingerprint density at radius 1 is 1.11 bits per heavy atom. The maximum atomic E-state index is 13.2. The Morgan fingerprint density at radius 3 is 2.42 bits per heavy atom. The molecule has 2 aromatic carbocycles. The molecule has 100 valence electrons. The average molecular weight is 260 g/mol. The van der Waals surface area contributed by atoms with Crippen LogP contribution in [0, 0.1) is 5.82 Å². The highest BCUT2D eigenvalue weighted by molar-refractivity contribution is 5.56. The zero-order valence-electron chi connectivity index (χ0n) is 10.8. The Kier molecular flexibility index (Phi) is 4.36. The van der Waals surface area contributed by atoms with Crippen molar-refractivity contribution in [2.45, 2.75) is 13.1 Å². The zero-order chi connectivity index (χ0) is 13.7. The normalized spacial score (nSPS) is 10.3. The van der Waals surface area contributed by atoms with E-state index in [-0.39, 0.29) is 5.82 Å². The standard InChI is InChI=1S/C15H17FN2O/c1-19-15-7-6-13(16)8-14(15)18-10-12-4-2-11(9-17)3-5-12/h2-8,18H,9-10,17H2,1H3. The summed E-state index contributed by atoms with van der Waals surface area (Å²) >= 11 is 0. The number of anilines is 1. The van der Waals surface area contributed by atoms with Gasteiger partial charge in [0, 0.05) is 19.2 Å². The monoisotopic (exact) mass is 260 g/mol. The molecule has 2 rings (SSSR count). The Labute approximate surface area is 112 Å². The van der Waals surface area contributed by atoms with Gasteiger partial charge in [0.1, 0.15) is 11.6 Å². The first-order chi connectivity index (χ1) is 9.22. The number of methoxy groups -OCH3 is 1. The van der Waals surface area contributed by atoms with Crippen LogP contribution in [0.25, 0.3) is 0 Å². The van der Waals surface area contributed by atoms with Gasteiger partial charge in [0.25, 0.3) is 0 Å². The second kappa shape index (κ2) is 6.20. The van der Waals surface area contributed by atoms with E-state index in [9.17, 15) is 4.39 Å². The van der Waals surface area contributed by atoms with Gasteiger partial charge in [0.05, 0.1) is 12.8 Å². The number of rotatable bonds is 5. The van der Waals surface area contributed by atoms with Crippen molar-refractivity contribution < 1.29 is 9.13 Å². The summed E-state index contributed by atoms with van der Waals surface area (Å²) in [4.78, 5) is 0. The van der Waals surface area contributed by atoms with Gasteiger partial charge in [-0.2, -0.15) is 0 Å². The molecule has 0 fully saturated rings. The fourth-order valence-corrected chi connectivity index (χ4v) is 1.81. The van der Waals surface area contributed by atoms with E-state index in [1.165, 1.54) is 12.1 Å². The quantitative estimate of drug-likeness (QED) is 0.869. The van der Waals surface area contributed by atoms with Crippen LogP contribution in [0.15, 0.2) is 42.5 Å². The first-order valence-electron chi connectivity index (χ1n) is 6.08. The largest absolute Gasteiger partial charge is 0.495 e. The van der Waals surface area contributed by atoms with E-state index in [1.807, 2.05) is 24.3 Å². The second-order valence-corrected chi connectivity index (χ2v) is 4.22. The van der Waals surface area contributed by atoms with Crippen molar-refractivity contribution in [2.75, 3.05) is 12.4 Å². The van der Waals surface area contributed by atoms with Crippen molar-refractivity contribution in [1.82, 2.24) is 0 Å². The van der Waals surface area contributed by atoms with E-state index in [1.54, 1.807) is 13.2 Å². The first-order valence-corrected chi connectivity index (χ1v) is 6.08. The summed E-state index contributed by atoms with van der Waals surface area (Å²) in [5, 5.41) is 3.16. The number of benzene rings is 2. The molecule has 0 saturated heterocycles. The molecule has 0 aliphatic rings. The molecule has 3 N–H and O–H groups in total. The van der Waals surface area contributed by atoms with Gasteiger partial charge in [-0.05, 0) is 23.3 Å². The minimum Gasteiger partial charge on any atom is -0.495 e. The molecule has 0 aliphatic heterocycles. The molecule has 0 unspecified atom stereocenters. The molecule has 0 aromatic heterocycles. The van der Waals surface area contributed by atoms with Gasteiger partial charge in [-0.15, -0.1) is 0 Å². The summed E-state index contributed by atoms with van der Waals surface area (Å²) in [6.07, 6.45) is 0. The number of hydrogen-bond donors (Lipinski definition) is 2. The molecule has 0 bridgehead atoms. The molecular formula is C15H17FN2O. The summed E-state index contributed by atoms with van der Waals surface area (Å²) in [7, 11) is 1.56. The van der Waals surface area contributed by atoms with Crippen LogP contribution in [0.2, 0.25) is 0 Å². The molecule has 0 atom stereocenters. The summed E-state index contributed by atoms with van der Waals surface area (Å²) in [6, 6.07) is 12.4. The van der Waals surface area contributed by atoms with Crippen LogP contribution in [-0.2, 0) is 13.1 Å². The Bertz CT molecular complexity index is 540. The van der Waals surface area contributed by atoms with Crippen molar-refractivity contribution in [3.63, 3.8) is 0 Å². The molecule has 19 heavy (non-hydrogen) atoms. The summed E-state index contributed by atoms with van der Waals surface area (Å²) < 4.78 is 18.4. The first kappa shape index (κ1) is 13.4. The van der Waals surface area contributed by atoms with Crippen LogP contribution in [0.1, 0.15) is 11.1 Å². The van der Waals surface area contributed by atoms with E-state index < -0.39 is 0 Å². The van der Waals surface area contributed by atoms with Gasteiger partial charge in [0.15, 0.2) is 0 Å². The lowest BCUT2D eigenvalue weighted by Crippen LogP contribution is -2.02. The van der Waals surface area contributed by atoms with Gasteiger partial charge in [-0.3, -0.25) is 0 Å². The molecule has 0 amide bonds. The van der Waals surface area contributed by atoms with Crippen molar-refractivity contribution in [3.8, 4) is 5.75 Å². The fraction of sp³-hybridized carbons (Fsp3) is 0.200. The summed E-state index contributed by atoms with van der Waals surface area (Å²) in [6.45, 7) is 1.14. The average Bonchev–Trinajstić information content (AvgIpc) is 2.46. The fourth-order valence-electron chi connectivity index (χ4n) is 1.81. The van der Waals surface area contributed by atoms with Crippen LogP contribution >= 0.6 is 0 Å². The van der Waals surface area contributed by atoms with Crippen molar-refractivity contribution in [2.24, 2.45) is 5.73 Å². The molecule has 0 radical (unpaired) electrons. The highest BCUT2D eigenvalue weighted by Gasteiger charge is 2.04. The lowest BCUT2D eigenvalue weighted by Gasteiger charge is -2.11. The van der Waals surface area contributed by atoms with Crippen molar-refractivity contribution in [1.29, 1.82) is 0 Å². The Morgan fingerprint density at radius 2 is 1.79 bits per heavy atom. The second-order valence-electron chi connectivity index (χ2n) is 4.22. The van der Waals surface area contributed by atoms with Gasteiger partial charge >= 0.3 is 0 Å². The minimum atomic E-state index is -0.290. The van der Waals surface area contributed by atoms with Gasteiger partial charge < -0.3 is 15.8 Å². The maximum absolute atomic E-state index is 13.2. The van der Waals surface area contributed by atoms with Gasteiger partial charge in [-0.25, -0.2) is 4.39 Å². The van der Waals surface area contributed by atoms with Gasteiger partial charge in [0.2, 0.25) is 0 Å². The number of ether oxygens (including phenoxy) is 1. The third kappa shape index (κ3) is 3.45. The van der Waals surface area contributed by atoms with Crippen molar-refractivity contribution >= 4 is 5.69 Å².